The highest BCUT2D eigenvalue weighted by Gasteiger charge is 2.20. The minimum Gasteiger partial charge on any atom is -0.339 e. The third-order valence-corrected chi connectivity index (χ3v) is 3.62. The second-order valence-corrected chi connectivity index (χ2v) is 5.01. The number of rotatable bonds is 1. The predicted octanol–water partition coefficient (Wildman–Crippen LogP) is 1.33. The van der Waals surface area contributed by atoms with Gasteiger partial charge in [-0.15, -0.1) is 12.4 Å². The van der Waals surface area contributed by atoms with Crippen LogP contribution in [-0.4, -0.2) is 45.3 Å². The molecule has 1 fully saturated rings. The summed E-state index contributed by atoms with van der Waals surface area (Å²) in [6.07, 6.45) is 2.84. The molecule has 1 aromatic carbocycles. The summed E-state index contributed by atoms with van der Waals surface area (Å²) in [6.45, 7) is 1.51. The molecule has 0 saturated carbocycles. The molecule has 2 heterocycles. The quantitative estimate of drug-likeness (QED) is 0.831. The number of hydrogen-bond donors (Lipinski definition) is 2. The van der Waals surface area contributed by atoms with Crippen molar-refractivity contribution in [2.24, 2.45) is 5.73 Å². The number of H-pyrrole nitrogens is 1. The van der Waals surface area contributed by atoms with Crippen LogP contribution in [0.2, 0.25) is 0 Å². The predicted molar refractivity (Wildman–Crippen MR) is 78.9 cm³/mol. The summed E-state index contributed by atoms with van der Waals surface area (Å²) >= 11 is 0. The minimum atomic E-state index is 0. The highest BCUT2D eigenvalue weighted by atomic mass is 35.5. The molecule has 3 rings (SSSR count). The Labute approximate surface area is 123 Å². The van der Waals surface area contributed by atoms with Crippen molar-refractivity contribution in [2.75, 3.05) is 13.1 Å². The molecule has 7 heteroatoms. The molecule has 0 aliphatic carbocycles. The zero-order valence-corrected chi connectivity index (χ0v) is 11.9. The van der Waals surface area contributed by atoms with Crippen LogP contribution in [0, 0.1) is 0 Å². The van der Waals surface area contributed by atoms with E-state index in [9.17, 15) is 4.79 Å². The van der Waals surface area contributed by atoms with E-state index in [2.05, 4.69) is 15.4 Å². The van der Waals surface area contributed by atoms with E-state index in [1.165, 1.54) is 0 Å². The van der Waals surface area contributed by atoms with Crippen LogP contribution in [0.15, 0.2) is 18.2 Å². The molecule has 1 saturated heterocycles. The number of carbonyl (C=O) groups excluding carboxylic acids is 1. The molecule has 20 heavy (non-hydrogen) atoms. The van der Waals surface area contributed by atoms with E-state index >= 15 is 0 Å². The smallest absolute Gasteiger partial charge is 0.253 e. The standard InChI is InChI=1S/C13H17N5O.ClH/c14-10-2-1-6-18(7-5-10)13(19)9-3-4-11-12(8-9)16-17-15-11;/h3-4,8,10H,1-2,5-7,14H2,(H,15,16,17);1H. The number of nitrogens with two attached hydrogens (primary N) is 1. The van der Waals surface area contributed by atoms with Gasteiger partial charge in [-0.25, -0.2) is 0 Å². The highest BCUT2D eigenvalue weighted by Crippen LogP contribution is 2.16. The third kappa shape index (κ3) is 2.91. The molecular formula is C13H18ClN5O. The Morgan fingerprint density at radius 3 is 2.90 bits per heavy atom. The van der Waals surface area contributed by atoms with Gasteiger partial charge in [0.15, 0.2) is 0 Å². The fourth-order valence-electron chi connectivity index (χ4n) is 2.48. The molecule has 0 spiro atoms. The van der Waals surface area contributed by atoms with Crippen molar-refractivity contribution >= 4 is 29.3 Å². The molecule has 1 amide bonds. The SMILES string of the molecule is Cl.NC1CCCN(C(=O)c2ccc3n[nH]nc3c2)CC1. The molecule has 1 unspecified atom stereocenters. The Kier molecular flexibility index (Phi) is 4.57. The molecule has 2 aromatic rings. The number of nitrogens with zero attached hydrogens (tertiary/aromatic N) is 3. The normalized spacial score (nSPS) is 19.4. The molecule has 0 radical (unpaired) electrons. The third-order valence-electron chi connectivity index (χ3n) is 3.62. The number of hydrogen-bond acceptors (Lipinski definition) is 4. The monoisotopic (exact) mass is 295 g/mol. The van der Waals surface area contributed by atoms with Crippen LogP contribution in [0.25, 0.3) is 11.0 Å². The van der Waals surface area contributed by atoms with Crippen molar-refractivity contribution < 1.29 is 4.79 Å². The number of halogens is 1. The van der Waals surface area contributed by atoms with Crippen LogP contribution in [0.3, 0.4) is 0 Å². The minimum absolute atomic E-state index is 0. The van der Waals surface area contributed by atoms with Crippen molar-refractivity contribution in [3.8, 4) is 0 Å². The number of fused-ring (bicyclic) bond motifs is 1. The van der Waals surface area contributed by atoms with Gasteiger partial charge < -0.3 is 10.6 Å². The molecule has 3 N–H and O–H groups in total. The van der Waals surface area contributed by atoms with Gasteiger partial charge in [0, 0.05) is 24.7 Å². The lowest BCUT2D eigenvalue weighted by molar-refractivity contribution is 0.0761. The largest absolute Gasteiger partial charge is 0.339 e. The first-order chi connectivity index (χ1) is 9.24. The Morgan fingerprint density at radius 1 is 1.25 bits per heavy atom. The fraction of sp³-hybridized carbons (Fsp3) is 0.462. The summed E-state index contributed by atoms with van der Waals surface area (Å²) in [5.41, 5.74) is 8.09. The maximum Gasteiger partial charge on any atom is 0.253 e. The molecule has 1 aliphatic rings. The number of aromatic amines is 1. The van der Waals surface area contributed by atoms with Gasteiger partial charge in [-0.1, -0.05) is 0 Å². The number of benzene rings is 1. The average Bonchev–Trinajstić information content (AvgIpc) is 2.78. The number of nitrogens with one attached hydrogen (secondary N) is 1. The van der Waals surface area contributed by atoms with Crippen molar-refractivity contribution in [3.63, 3.8) is 0 Å². The van der Waals surface area contributed by atoms with Gasteiger partial charge in [0.2, 0.25) is 0 Å². The molecule has 1 aromatic heterocycles. The summed E-state index contributed by atoms with van der Waals surface area (Å²) in [5, 5.41) is 10.5. The maximum atomic E-state index is 12.5. The average molecular weight is 296 g/mol. The summed E-state index contributed by atoms with van der Waals surface area (Å²) in [4.78, 5) is 14.3. The van der Waals surface area contributed by atoms with Crippen LogP contribution >= 0.6 is 12.4 Å². The second kappa shape index (κ2) is 6.19. The van der Waals surface area contributed by atoms with Crippen molar-refractivity contribution in [2.45, 2.75) is 25.3 Å². The highest BCUT2D eigenvalue weighted by molar-refractivity contribution is 5.97. The zero-order valence-electron chi connectivity index (χ0n) is 11.1. The van der Waals surface area contributed by atoms with Crippen LogP contribution in [0.1, 0.15) is 29.6 Å². The lowest BCUT2D eigenvalue weighted by Gasteiger charge is -2.20. The van der Waals surface area contributed by atoms with E-state index in [0.29, 0.717) is 5.56 Å². The summed E-state index contributed by atoms with van der Waals surface area (Å²) in [7, 11) is 0. The van der Waals surface area contributed by atoms with E-state index in [-0.39, 0.29) is 24.4 Å². The van der Waals surface area contributed by atoms with E-state index in [4.69, 9.17) is 5.73 Å². The molecule has 1 aliphatic heterocycles. The van der Waals surface area contributed by atoms with E-state index in [1.807, 2.05) is 11.0 Å². The van der Waals surface area contributed by atoms with Gasteiger partial charge in [0.1, 0.15) is 11.0 Å². The first-order valence-corrected chi connectivity index (χ1v) is 6.59. The van der Waals surface area contributed by atoms with Crippen LogP contribution in [0.4, 0.5) is 0 Å². The lowest BCUT2D eigenvalue weighted by Crippen LogP contribution is -2.32. The Hall–Kier alpha value is -1.66. The summed E-state index contributed by atoms with van der Waals surface area (Å²) in [6, 6.07) is 5.62. The molecule has 6 nitrogen and oxygen atoms in total. The van der Waals surface area contributed by atoms with Gasteiger partial charge in [-0.3, -0.25) is 4.79 Å². The van der Waals surface area contributed by atoms with Gasteiger partial charge in [-0.2, -0.15) is 15.4 Å². The first-order valence-electron chi connectivity index (χ1n) is 6.59. The Balaban J connectivity index is 0.00000147. The second-order valence-electron chi connectivity index (χ2n) is 5.01. The lowest BCUT2D eigenvalue weighted by atomic mass is 10.1. The number of likely N-dealkylation sites (tertiary alicyclic amines) is 1. The summed E-state index contributed by atoms with van der Waals surface area (Å²) < 4.78 is 0. The number of amides is 1. The van der Waals surface area contributed by atoms with Crippen LogP contribution in [-0.2, 0) is 0 Å². The van der Waals surface area contributed by atoms with Crippen molar-refractivity contribution in [3.05, 3.63) is 23.8 Å². The molecular weight excluding hydrogens is 278 g/mol. The zero-order chi connectivity index (χ0) is 13.2. The van der Waals surface area contributed by atoms with Gasteiger partial charge in [-0.05, 0) is 37.5 Å². The van der Waals surface area contributed by atoms with Gasteiger partial charge >= 0.3 is 0 Å². The van der Waals surface area contributed by atoms with E-state index in [0.717, 1.165) is 43.4 Å². The Bertz CT molecular complexity index is 599. The first kappa shape index (κ1) is 14.7. The molecule has 1 atom stereocenters. The van der Waals surface area contributed by atoms with Crippen LogP contribution in [0.5, 0.6) is 0 Å². The van der Waals surface area contributed by atoms with Crippen LogP contribution < -0.4 is 5.73 Å². The van der Waals surface area contributed by atoms with Gasteiger partial charge in [0.05, 0.1) is 0 Å². The van der Waals surface area contributed by atoms with E-state index < -0.39 is 0 Å². The maximum absolute atomic E-state index is 12.5. The van der Waals surface area contributed by atoms with Crippen molar-refractivity contribution in [1.29, 1.82) is 0 Å². The fourth-order valence-corrected chi connectivity index (χ4v) is 2.48. The topological polar surface area (TPSA) is 87.9 Å². The number of aromatic nitrogens is 3. The number of carbonyl (C=O) groups is 1. The molecule has 108 valence electrons. The van der Waals surface area contributed by atoms with Gasteiger partial charge in [0.25, 0.3) is 5.91 Å². The molecule has 0 bridgehead atoms. The Morgan fingerprint density at radius 2 is 2.05 bits per heavy atom. The summed E-state index contributed by atoms with van der Waals surface area (Å²) in [5.74, 6) is 0.0546. The van der Waals surface area contributed by atoms with Crippen molar-refractivity contribution in [1.82, 2.24) is 20.3 Å². The van der Waals surface area contributed by atoms with E-state index in [1.54, 1.807) is 12.1 Å².